The van der Waals surface area contributed by atoms with Crippen molar-refractivity contribution in [3.63, 3.8) is 0 Å². The van der Waals surface area contributed by atoms with Crippen molar-refractivity contribution < 1.29 is 18.5 Å². The topological polar surface area (TPSA) is 78.4 Å². The van der Waals surface area contributed by atoms with E-state index in [0.29, 0.717) is 11.6 Å². The zero-order valence-electron chi connectivity index (χ0n) is 16.3. The number of carbonyl (C=O) groups excluding carboxylic acids is 1. The van der Waals surface area contributed by atoms with E-state index < -0.39 is 5.97 Å². The predicted octanol–water partition coefficient (Wildman–Crippen LogP) is 5.23. The first kappa shape index (κ1) is 18.1. The Morgan fingerprint density at radius 1 is 1.00 bits per heavy atom. The van der Waals surface area contributed by atoms with Crippen LogP contribution in [0, 0.1) is 6.92 Å². The van der Waals surface area contributed by atoms with Crippen molar-refractivity contribution in [1.29, 1.82) is 0 Å². The van der Waals surface area contributed by atoms with Gasteiger partial charge in [-0.05, 0) is 29.8 Å². The van der Waals surface area contributed by atoms with Gasteiger partial charge in [-0.3, -0.25) is 4.79 Å². The summed E-state index contributed by atoms with van der Waals surface area (Å²) < 4.78 is 16.3. The molecule has 2 aromatic heterocycles. The lowest BCUT2D eigenvalue weighted by Crippen LogP contribution is -2.07. The van der Waals surface area contributed by atoms with E-state index in [-0.39, 0.29) is 18.9 Å². The average molecular weight is 398 g/mol. The molecule has 5 rings (SSSR count). The van der Waals surface area contributed by atoms with Gasteiger partial charge >= 0.3 is 5.97 Å². The molecule has 0 aliphatic rings. The van der Waals surface area contributed by atoms with Crippen LogP contribution >= 0.6 is 0 Å². The maximum absolute atomic E-state index is 12.3. The van der Waals surface area contributed by atoms with Crippen LogP contribution in [0.2, 0.25) is 0 Å². The lowest BCUT2D eigenvalue weighted by molar-refractivity contribution is -0.145. The molecule has 6 nitrogen and oxygen atoms in total. The van der Waals surface area contributed by atoms with Crippen molar-refractivity contribution in [2.45, 2.75) is 20.0 Å². The number of hydrogen-bond acceptors (Lipinski definition) is 6. The number of benzene rings is 3. The van der Waals surface area contributed by atoms with Gasteiger partial charge in [0.2, 0.25) is 5.82 Å². The zero-order valence-corrected chi connectivity index (χ0v) is 16.3. The third-order valence-electron chi connectivity index (χ3n) is 4.93. The molecular weight excluding hydrogens is 380 g/mol. The smallest absolute Gasteiger partial charge is 0.313 e. The summed E-state index contributed by atoms with van der Waals surface area (Å²) in [5.74, 6) is 0.838. The van der Waals surface area contributed by atoms with Gasteiger partial charge in [0.25, 0.3) is 5.89 Å². The predicted molar refractivity (Wildman–Crippen MR) is 112 cm³/mol. The number of furan rings is 1. The number of hydrogen-bond donors (Lipinski definition) is 0. The number of fused-ring (bicyclic) bond motifs is 3. The highest BCUT2D eigenvalue weighted by atomic mass is 16.6. The Kier molecular flexibility index (Phi) is 4.52. The monoisotopic (exact) mass is 398 g/mol. The molecule has 0 fully saturated rings. The quantitative estimate of drug-likeness (QED) is 0.377. The van der Waals surface area contributed by atoms with E-state index in [1.165, 1.54) is 0 Å². The Morgan fingerprint density at radius 3 is 2.70 bits per heavy atom. The minimum absolute atomic E-state index is 0.0297. The molecule has 2 heterocycles. The Balaban J connectivity index is 1.25. The molecule has 0 saturated heterocycles. The van der Waals surface area contributed by atoms with Gasteiger partial charge in [-0.1, -0.05) is 65.3 Å². The van der Waals surface area contributed by atoms with Crippen LogP contribution in [0.3, 0.4) is 0 Å². The van der Waals surface area contributed by atoms with Gasteiger partial charge in [-0.2, -0.15) is 4.98 Å². The highest BCUT2D eigenvalue weighted by Crippen LogP contribution is 2.28. The van der Waals surface area contributed by atoms with E-state index in [1.54, 1.807) is 0 Å². The van der Waals surface area contributed by atoms with E-state index in [1.807, 2.05) is 73.7 Å². The van der Waals surface area contributed by atoms with Gasteiger partial charge in [-0.25, -0.2) is 0 Å². The summed E-state index contributed by atoms with van der Waals surface area (Å²) in [5.41, 5.74) is 2.74. The Labute approximate surface area is 172 Å². The molecule has 3 aromatic carbocycles. The number of aromatic nitrogens is 2. The van der Waals surface area contributed by atoms with Crippen molar-refractivity contribution in [2.24, 2.45) is 0 Å². The molecule has 0 radical (unpaired) electrons. The third-order valence-corrected chi connectivity index (χ3v) is 4.93. The molecule has 0 unspecified atom stereocenters. The summed E-state index contributed by atoms with van der Waals surface area (Å²) in [6, 6.07) is 21.7. The number of ether oxygens (including phenoxy) is 1. The highest BCUT2D eigenvalue weighted by molar-refractivity contribution is 6.06. The molecule has 0 spiro atoms. The first-order valence-electron chi connectivity index (χ1n) is 9.61. The molecule has 6 heteroatoms. The van der Waals surface area contributed by atoms with Crippen LogP contribution in [0.15, 0.2) is 75.7 Å². The molecule has 0 bridgehead atoms. The number of nitrogens with zero attached hydrogens (tertiary/aromatic N) is 2. The number of esters is 1. The number of aryl methyl sites for hydroxylation is 1. The maximum Gasteiger partial charge on any atom is 0.313 e. The van der Waals surface area contributed by atoms with Gasteiger partial charge in [0.15, 0.2) is 6.61 Å². The molecule has 0 aliphatic heterocycles. The first-order valence-corrected chi connectivity index (χ1v) is 9.61. The van der Waals surface area contributed by atoms with Crippen LogP contribution in [-0.2, 0) is 22.6 Å². The summed E-state index contributed by atoms with van der Waals surface area (Å²) in [6.45, 7) is 1.93. The molecule has 0 atom stereocenters. The van der Waals surface area contributed by atoms with Crippen LogP contribution in [-0.4, -0.2) is 16.1 Å². The van der Waals surface area contributed by atoms with Crippen molar-refractivity contribution >= 4 is 27.7 Å². The average Bonchev–Trinajstić information content (AvgIpc) is 3.39. The Hall–Kier alpha value is -3.93. The van der Waals surface area contributed by atoms with Gasteiger partial charge < -0.3 is 13.7 Å². The highest BCUT2D eigenvalue weighted by Gasteiger charge is 2.14. The summed E-state index contributed by atoms with van der Waals surface area (Å²) in [5, 5.41) is 7.14. The van der Waals surface area contributed by atoms with Crippen molar-refractivity contribution in [2.75, 3.05) is 0 Å². The SMILES string of the molecule is Cc1ccc(-c2noc(COC(=O)Cc3cc4c(ccc5ccccc54)o3)n2)cc1. The van der Waals surface area contributed by atoms with Crippen LogP contribution in [0.4, 0.5) is 0 Å². The fraction of sp³-hybridized carbons (Fsp3) is 0.125. The third kappa shape index (κ3) is 3.55. The first-order chi connectivity index (χ1) is 14.7. The second-order valence-corrected chi connectivity index (χ2v) is 7.13. The van der Waals surface area contributed by atoms with E-state index in [0.717, 1.165) is 32.9 Å². The van der Waals surface area contributed by atoms with Crippen LogP contribution in [0.5, 0.6) is 0 Å². The summed E-state index contributed by atoms with van der Waals surface area (Å²) >= 11 is 0. The Bertz CT molecular complexity index is 1350. The fourth-order valence-electron chi connectivity index (χ4n) is 3.40. The van der Waals surface area contributed by atoms with Gasteiger partial charge in [0.05, 0.1) is 0 Å². The zero-order chi connectivity index (χ0) is 20.5. The molecule has 148 valence electrons. The molecule has 0 saturated carbocycles. The lowest BCUT2D eigenvalue weighted by atomic mass is 10.1. The minimum atomic E-state index is -0.423. The maximum atomic E-state index is 12.3. The molecule has 0 N–H and O–H groups in total. The van der Waals surface area contributed by atoms with E-state index in [4.69, 9.17) is 13.7 Å². The van der Waals surface area contributed by atoms with E-state index in [9.17, 15) is 4.79 Å². The number of carbonyl (C=O) groups is 1. The van der Waals surface area contributed by atoms with Crippen LogP contribution < -0.4 is 0 Å². The second-order valence-electron chi connectivity index (χ2n) is 7.13. The van der Waals surface area contributed by atoms with Gasteiger partial charge in [0.1, 0.15) is 17.8 Å². The van der Waals surface area contributed by atoms with Crippen LogP contribution in [0.1, 0.15) is 17.2 Å². The summed E-state index contributed by atoms with van der Waals surface area (Å²) in [7, 11) is 0. The largest absolute Gasteiger partial charge is 0.460 e. The number of rotatable bonds is 5. The molecule has 5 aromatic rings. The second kappa shape index (κ2) is 7.48. The van der Waals surface area contributed by atoms with Crippen molar-refractivity contribution in [3.05, 3.63) is 83.9 Å². The van der Waals surface area contributed by atoms with Gasteiger partial charge in [-0.15, -0.1) is 0 Å². The summed E-state index contributed by atoms with van der Waals surface area (Å²) in [6.07, 6.45) is 0.0297. The van der Waals surface area contributed by atoms with E-state index in [2.05, 4.69) is 10.1 Å². The molecular formula is C24H18N2O4. The van der Waals surface area contributed by atoms with E-state index >= 15 is 0 Å². The molecule has 30 heavy (non-hydrogen) atoms. The molecule has 0 amide bonds. The normalized spacial score (nSPS) is 11.2. The lowest BCUT2D eigenvalue weighted by Gasteiger charge is -1.99. The fourth-order valence-corrected chi connectivity index (χ4v) is 3.40. The van der Waals surface area contributed by atoms with Crippen molar-refractivity contribution in [3.8, 4) is 11.4 Å². The van der Waals surface area contributed by atoms with Crippen molar-refractivity contribution in [1.82, 2.24) is 10.1 Å². The van der Waals surface area contributed by atoms with Gasteiger partial charge in [0, 0.05) is 10.9 Å². The van der Waals surface area contributed by atoms with Crippen LogP contribution in [0.25, 0.3) is 33.1 Å². The minimum Gasteiger partial charge on any atom is -0.460 e. The standard InChI is InChI=1S/C24H18N2O4/c1-15-6-8-17(9-7-15)24-25-22(30-26-24)14-28-23(27)13-18-12-20-19-5-3-2-4-16(19)10-11-21(20)29-18/h2-12H,13-14H2,1H3. The molecule has 0 aliphatic carbocycles. The Morgan fingerprint density at radius 2 is 1.83 bits per heavy atom. The summed E-state index contributed by atoms with van der Waals surface area (Å²) in [4.78, 5) is 16.5.